The first kappa shape index (κ1) is 20.4. The number of hydrogen-bond donors (Lipinski definition) is 0. The van der Waals surface area contributed by atoms with Crippen molar-refractivity contribution < 1.29 is 9.53 Å². The van der Waals surface area contributed by atoms with Gasteiger partial charge in [0, 0.05) is 32.7 Å². The summed E-state index contributed by atoms with van der Waals surface area (Å²) in [4.78, 5) is 16.9. The predicted molar refractivity (Wildman–Crippen MR) is 115 cm³/mol. The highest BCUT2D eigenvalue weighted by atomic mass is 32.2. The van der Waals surface area contributed by atoms with E-state index in [9.17, 15) is 4.79 Å². The third-order valence-corrected chi connectivity index (χ3v) is 5.81. The van der Waals surface area contributed by atoms with E-state index < -0.39 is 0 Å². The fraction of sp³-hybridized carbons (Fsp3) is 0.333. The molecule has 156 valence electrons. The highest BCUT2D eigenvalue weighted by Crippen LogP contribution is 2.18. The molecule has 9 heteroatoms. The standard InChI is InChI=1S/C21H24N6O2S/c28-20(17-30-21-22-23-24-27(21)18-7-3-1-4-8-18)26-13-11-25(12-14-26)15-16-29-19-9-5-2-6-10-19/h1-10H,11-17H2. The van der Waals surface area contributed by atoms with Crippen molar-refractivity contribution in [2.24, 2.45) is 0 Å². The lowest BCUT2D eigenvalue weighted by Gasteiger charge is -2.34. The summed E-state index contributed by atoms with van der Waals surface area (Å²) in [5.41, 5.74) is 0.879. The molecule has 4 rings (SSSR count). The molecule has 1 aromatic heterocycles. The van der Waals surface area contributed by atoms with Crippen molar-refractivity contribution in [2.75, 3.05) is 45.1 Å². The lowest BCUT2D eigenvalue weighted by Crippen LogP contribution is -2.50. The largest absolute Gasteiger partial charge is 0.492 e. The number of nitrogens with zero attached hydrogens (tertiary/aromatic N) is 6. The number of piperazine rings is 1. The second-order valence-electron chi connectivity index (χ2n) is 6.88. The number of benzene rings is 2. The van der Waals surface area contributed by atoms with Gasteiger partial charge in [-0.05, 0) is 34.7 Å². The van der Waals surface area contributed by atoms with Crippen LogP contribution in [0.25, 0.3) is 5.69 Å². The van der Waals surface area contributed by atoms with E-state index in [1.807, 2.05) is 65.6 Å². The second kappa shape index (κ2) is 10.2. The van der Waals surface area contributed by atoms with Crippen molar-refractivity contribution in [3.63, 3.8) is 0 Å². The van der Waals surface area contributed by atoms with E-state index in [0.29, 0.717) is 17.5 Å². The maximum Gasteiger partial charge on any atom is 0.233 e. The van der Waals surface area contributed by atoms with Crippen LogP contribution >= 0.6 is 11.8 Å². The molecule has 1 saturated heterocycles. The van der Waals surface area contributed by atoms with Gasteiger partial charge in [0.25, 0.3) is 0 Å². The molecule has 2 aromatic carbocycles. The summed E-state index contributed by atoms with van der Waals surface area (Å²) in [7, 11) is 0. The number of carbonyl (C=O) groups is 1. The van der Waals surface area contributed by atoms with Gasteiger partial charge in [0.1, 0.15) is 12.4 Å². The van der Waals surface area contributed by atoms with Crippen LogP contribution in [0, 0.1) is 0 Å². The zero-order valence-corrected chi connectivity index (χ0v) is 17.4. The number of thioether (sulfide) groups is 1. The lowest BCUT2D eigenvalue weighted by molar-refractivity contribution is -0.130. The molecular formula is C21H24N6O2S. The highest BCUT2D eigenvalue weighted by molar-refractivity contribution is 7.99. The first-order valence-electron chi connectivity index (χ1n) is 9.94. The van der Waals surface area contributed by atoms with Crippen molar-refractivity contribution >= 4 is 17.7 Å². The van der Waals surface area contributed by atoms with Crippen molar-refractivity contribution in [3.05, 3.63) is 60.7 Å². The number of ether oxygens (including phenoxy) is 1. The van der Waals surface area contributed by atoms with Crippen LogP contribution in [0.2, 0.25) is 0 Å². The Kier molecular flexibility index (Phi) is 6.94. The Morgan fingerprint density at radius 1 is 0.967 bits per heavy atom. The molecule has 1 amide bonds. The van der Waals surface area contributed by atoms with Crippen LogP contribution in [0.4, 0.5) is 0 Å². The molecule has 1 fully saturated rings. The van der Waals surface area contributed by atoms with Crippen LogP contribution < -0.4 is 4.74 Å². The maximum absolute atomic E-state index is 12.6. The summed E-state index contributed by atoms with van der Waals surface area (Å²) >= 11 is 1.36. The topological polar surface area (TPSA) is 76.4 Å². The first-order chi connectivity index (χ1) is 14.8. The Morgan fingerprint density at radius 3 is 2.40 bits per heavy atom. The zero-order valence-electron chi connectivity index (χ0n) is 16.6. The molecule has 0 N–H and O–H groups in total. The number of tetrazole rings is 1. The van der Waals surface area contributed by atoms with Crippen LogP contribution in [-0.2, 0) is 4.79 Å². The van der Waals surface area contributed by atoms with E-state index in [2.05, 4.69) is 20.4 Å². The van der Waals surface area contributed by atoms with Crippen molar-refractivity contribution in [3.8, 4) is 11.4 Å². The molecule has 0 radical (unpaired) electrons. The van der Waals surface area contributed by atoms with Gasteiger partial charge in [-0.1, -0.05) is 48.2 Å². The summed E-state index contributed by atoms with van der Waals surface area (Å²) in [5.74, 6) is 1.33. The van der Waals surface area contributed by atoms with Gasteiger partial charge in [0.15, 0.2) is 0 Å². The van der Waals surface area contributed by atoms with Crippen LogP contribution in [0.5, 0.6) is 5.75 Å². The van der Waals surface area contributed by atoms with Gasteiger partial charge < -0.3 is 9.64 Å². The number of aromatic nitrogens is 4. The number of amides is 1. The molecule has 1 aliphatic rings. The Balaban J connectivity index is 1.19. The van der Waals surface area contributed by atoms with Crippen molar-refractivity contribution in [1.82, 2.24) is 30.0 Å². The van der Waals surface area contributed by atoms with E-state index >= 15 is 0 Å². The van der Waals surface area contributed by atoms with Gasteiger partial charge in [0.05, 0.1) is 11.4 Å². The molecule has 1 aliphatic heterocycles. The Labute approximate surface area is 179 Å². The van der Waals surface area contributed by atoms with Crippen LogP contribution in [0.1, 0.15) is 0 Å². The van der Waals surface area contributed by atoms with Crippen molar-refractivity contribution in [1.29, 1.82) is 0 Å². The normalized spacial score (nSPS) is 14.6. The van der Waals surface area contributed by atoms with Crippen LogP contribution in [0.3, 0.4) is 0 Å². The first-order valence-corrected chi connectivity index (χ1v) is 10.9. The fourth-order valence-corrected chi connectivity index (χ4v) is 4.04. The van der Waals surface area contributed by atoms with Gasteiger partial charge in [0.2, 0.25) is 11.1 Å². The lowest BCUT2D eigenvalue weighted by atomic mass is 10.3. The summed E-state index contributed by atoms with van der Waals surface area (Å²) < 4.78 is 7.42. The van der Waals surface area contributed by atoms with E-state index in [4.69, 9.17) is 4.74 Å². The maximum atomic E-state index is 12.6. The quantitative estimate of drug-likeness (QED) is 0.512. The number of rotatable bonds is 8. The summed E-state index contributed by atoms with van der Waals surface area (Å²) in [5, 5.41) is 12.4. The minimum absolute atomic E-state index is 0.114. The summed E-state index contributed by atoms with van der Waals surface area (Å²) in [6.07, 6.45) is 0. The van der Waals surface area contributed by atoms with E-state index in [1.54, 1.807) is 4.68 Å². The van der Waals surface area contributed by atoms with E-state index in [1.165, 1.54) is 11.8 Å². The molecule has 30 heavy (non-hydrogen) atoms. The fourth-order valence-electron chi connectivity index (χ4n) is 3.25. The van der Waals surface area contributed by atoms with Gasteiger partial charge >= 0.3 is 0 Å². The monoisotopic (exact) mass is 424 g/mol. The van der Waals surface area contributed by atoms with Crippen LogP contribution in [-0.4, -0.2) is 81.0 Å². The minimum atomic E-state index is 0.114. The van der Waals surface area contributed by atoms with Gasteiger partial charge in [-0.2, -0.15) is 4.68 Å². The average Bonchev–Trinajstić information content (AvgIpc) is 3.28. The minimum Gasteiger partial charge on any atom is -0.492 e. The molecule has 0 spiro atoms. The number of para-hydroxylation sites is 2. The number of hydrogen-bond acceptors (Lipinski definition) is 7. The second-order valence-corrected chi connectivity index (χ2v) is 7.82. The highest BCUT2D eigenvalue weighted by Gasteiger charge is 2.22. The molecular weight excluding hydrogens is 400 g/mol. The molecule has 8 nitrogen and oxygen atoms in total. The zero-order chi connectivity index (χ0) is 20.6. The SMILES string of the molecule is O=C(CSc1nnnn1-c1ccccc1)N1CCN(CCOc2ccccc2)CC1. The molecule has 0 saturated carbocycles. The number of carbonyl (C=O) groups excluding carboxylic acids is 1. The third-order valence-electron chi connectivity index (χ3n) is 4.91. The van der Waals surface area contributed by atoms with Gasteiger partial charge in [-0.15, -0.1) is 5.10 Å². The molecule has 0 bridgehead atoms. The van der Waals surface area contributed by atoms with Crippen molar-refractivity contribution in [2.45, 2.75) is 5.16 Å². The summed E-state index contributed by atoms with van der Waals surface area (Å²) in [6.45, 7) is 4.68. The molecule has 0 aliphatic carbocycles. The van der Waals surface area contributed by atoms with Gasteiger partial charge in [-0.3, -0.25) is 9.69 Å². The van der Waals surface area contributed by atoms with E-state index in [0.717, 1.165) is 44.2 Å². The summed E-state index contributed by atoms with van der Waals surface area (Å²) in [6, 6.07) is 19.5. The average molecular weight is 425 g/mol. The Bertz CT molecular complexity index is 929. The molecule has 3 aromatic rings. The Hall–Kier alpha value is -2.91. The third kappa shape index (κ3) is 5.37. The molecule has 2 heterocycles. The molecule has 0 atom stereocenters. The predicted octanol–water partition coefficient (Wildman–Crippen LogP) is 1.98. The van der Waals surface area contributed by atoms with E-state index in [-0.39, 0.29) is 5.91 Å². The van der Waals surface area contributed by atoms with Crippen LogP contribution in [0.15, 0.2) is 65.8 Å². The molecule has 0 unspecified atom stereocenters. The van der Waals surface area contributed by atoms with Gasteiger partial charge in [-0.25, -0.2) is 0 Å². The Morgan fingerprint density at radius 2 is 1.67 bits per heavy atom. The smallest absolute Gasteiger partial charge is 0.233 e.